The van der Waals surface area contributed by atoms with Crippen LogP contribution in [0.3, 0.4) is 0 Å². The van der Waals surface area contributed by atoms with E-state index in [-0.39, 0.29) is 5.69 Å². The van der Waals surface area contributed by atoms with Crippen molar-refractivity contribution in [3.63, 3.8) is 0 Å². The first-order valence-electron chi connectivity index (χ1n) is 4.37. The van der Waals surface area contributed by atoms with Crippen molar-refractivity contribution in [1.29, 1.82) is 0 Å². The summed E-state index contributed by atoms with van der Waals surface area (Å²) in [7, 11) is 0. The van der Waals surface area contributed by atoms with E-state index in [0.29, 0.717) is 16.0 Å². The number of halogens is 1. The molecule has 82 valence electrons. The van der Waals surface area contributed by atoms with E-state index >= 15 is 0 Å². The summed E-state index contributed by atoms with van der Waals surface area (Å²) in [6.45, 7) is 1.59. The topological polar surface area (TPSA) is 80.9 Å². The fourth-order valence-electron chi connectivity index (χ4n) is 1.20. The van der Waals surface area contributed by atoms with Crippen molar-refractivity contribution in [2.75, 3.05) is 0 Å². The molecular weight excluding hydrogens is 276 g/mol. The summed E-state index contributed by atoms with van der Waals surface area (Å²) < 4.78 is 0.696. The molecule has 0 bridgehead atoms. The van der Waals surface area contributed by atoms with Gasteiger partial charge in [0.15, 0.2) is 11.5 Å². The number of pyridine rings is 1. The van der Waals surface area contributed by atoms with Crippen LogP contribution in [-0.2, 0) is 0 Å². The molecule has 0 aliphatic rings. The molecule has 0 radical (unpaired) electrons. The minimum absolute atomic E-state index is 0.0717. The van der Waals surface area contributed by atoms with Gasteiger partial charge < -0.3 is 5.11 Å². The predicted molar refractivity (Wildman–Crippen MR) is 58.6 cm³/mol. The number of carboxylic acid groups (broad SMARTS) is 1. The Morgan fingerprint density at radius 3 is 2.81 bits per heavy atom. The van der Waals surface area contributed by atoms with E-state index in [9.17, 15) is 4.79 Å². The third kappa shape index (κ3) is 1.81. The van der Waals surface area contributed by atoms with Crippen LogP contribution >= 0.6 is 15.9 Å². The zero-order chi connectivity index (χ0) is 11.7. The first kappa shape index (κ1) is 10.7. The molecule has 2 aromatic rings. The molecule has 0 amide bonds. The van der Waals surface area contributed by atoms with Crippen LogP contribution in [0.5, 0.6) is 0 Å². The van der Waals surface area contributed by atoms with Gasteiger partial charge in [0.2, 0.25) is 0 Å². The van der Waals surface area contributed by atoms with E-state index in [1.807, 2.05) is 0 Å². The summed E-state index contributed by atoms with van der Waals surface area (Å²) >= 11 is 3.29. The SMILES string of the molecule is Cc1nn(-c2ncccc2Br)nc1C(=O)O. The molecule has 7 heteroatoms. The fourth-order valence-corrected chi connectivity index (χ4v) is 1.61. The number of carboxylic acids is 1. The number of rotatable bonds is 2. The second-order valence-corrected chi connectivity index (χ2v) is 3.89. The van der Waals surface area contributed by atoms with Gasteiger partial charge in [-0.25, -0.2) is 9.78 Å². The second-order valence-electron chi connectivity index (χ2n) is 3.04. The van der Waals surface area contributed by atoms with Gasteiger partial charge in [0.1, 0.15) is 0 Å². The van der Waals surface area contributed by atoms with Gasteiger partial charge in [-0.1, -0.05) is 0 Å². The number of aromatic carboxylic acids is 1. The molecule has 0 aliphatic carbocycles. The van der Waals surface area contributed by atoms with Gasteiger partial charge in [-0.15, -0.1) is 9.90 Å². The van der Waals surface area contributed by atoms with Crippen molar-refractivity contribution < 1.29 is 9.90 Å². The molecule has 2 heterocycles. The maximum Gasteiger partial charge on any atom is 0.358 e. The van der Waals surface area contributed by atoms with Crippen molar-refractivity contribution in [3.05, 3.63) is 34.2 Å². The smallest absolute Gasteiger partial charge is 0.358 e. The average molecular weight is 283 g/mol. The van der Waals surface area contributed by atoms with Crippen LogP contribution in [0.4, 0.5) is 0 Å². The number of hydrogen-bond donors (Lipinski definition) is 1. The lowest BCUT2D eigenvalue weighted by Gasteiger charge is -1.99. The summed E-state index contributed by atoms with van der Waals surface area (Å²) in [5, 5.41) is 16.7. The molecule has 0 fully saturated rings. The molecule has 2 rings (SSSR count). The number of carbonyl (C=O) groups is 1. The maximum atomic E-state index is 10.8. The predicted octanol–water partition coefficient (Wildman–Crippen LogP) is 1.43. The van der Waals surface area contributed by atoms with Crippen LogP contribution in [0.25, 0.3) is 5.82 Å². The minimum Gasteiger partial charge on any atom is -0.476 e. The minimum atomic E-state index is -1.10. The number of aromatic nitrogens is 4. The Bertz CT molecular complexity index is 552. The van der Waals surface area contributed by atoms with Crippen LogP contribution < -0.4 is 0 Å². The Morgan fingerprint density at radius 1 is 1.50 bits per heavy atom. The van der Waals surface area contributed by atoms with Crippen molar-refractivity contribution >= 4 is 21.9 Å². The van der Waals surface area contributed by atoms with Crippen molar-refractivity contribution in [2.45, 2.75) is 6.92 Å². The Labute approximate surface area is 99.1 Å². The summed E-state index contributed by atoms with van der Waals surface area (Å²) in [6.07, 6.45) is 1.58. The number of hydrogen-bond acceptors (Lipinski definition) is 4. The highest BCUT2D eigenvalue weighted by Gasteiger charge is 2.16. The van der Waals surface area contributed by atoms with Crippen LogP contribution in [0.15, 0.2) is 22.8 Å². The lowest BCUT2D eigenvalue weighted by Crippen LogP contribution is -2.04. The molecule has 0 atom stereocenters. The molecule has 0 aliphatic heterocycles. The maximum absolute atomic E-state index is 10.8. The standard InChI is InChI=1S/C9H7BrN4O2/c1-5-7(9(15)16)13-14(12-5)8-6(10)3-2-4-11-8/h2-4H,1H3,(H,15,16). The number of aryl methyl sites for hydroxylation is 1. The van der Waals surface area contributed by atoms with Crippen LogP contribution in [-0.4, -0.2) is 31.1 Å². The Kier molecular flexibility index (Phi) is 2.69. The van der Waals surface area contributed by atoms with E-state index in [4.69, 9.17) is 5.11 Å². The highest BCUT2D eigenvalue weighted by Crippen LogP contribution is 2.16. The molecule has 0 saturated carbocycles. The van der Waals surface area contributed by atoms with Crippen LogP contribution in [0.1, 0.15) is 16.2 Å². The third-order valence-electron chi connectivity index (χ3n) is 1.91. The van der Waals surface area contributed by atoms with Crippen LogP contribution in [0, 0.1) is 6.92 Å². The lowest BCUT2D eigenvalue weighted by atomic mass is 10.4. The molecule has 16 heavy (non-hydrogen) atoms. The van der Waals surface area contributed by atoms with Gasteiger partial charge in [0.05, 0.1) is 10.2 Å². The lowest BCUT2D eigenvalue weighted by molar-refractivity contribution is 0.0689. The molecule has 0 unspecified atom stereocenters. The fraction of sp³-hybridized carbons (Fsp3) is 0.111. The van der Waals surface area contributed by atoms with E-state index in [1.54, 1.807) is 25.3 Å². The van der Waals surface area contributed by atoms with Gasteiger partial charge in [-0.2, -0.15) is 5.10 Å². The van der Waals surface area contributed by atoms with E-state index in [2.05, 4.69) is 31.1 Å². The van der Waals surface area contributed by atoms with E-state index in [1.165, 1.54) is 4.80 Å². The molecule has 1 N–H and O–H groups in total. The third-order valence-corrected chi connectivity index (χ3v) is 2.53. The molecule has 2 aromatic heterocycles. The van der Waals surface area contributed by atoms with Gasteiger partial charge in [0.25, 0.3) is 0 Å². The second kappa shape index (κ2) is 4.01. The Hall–Kier alpha value is -1.76. The van der Waals surface area contributed by atoms with Gasteiger partial charge in [-0.3, -0.25) is 0 Å². The van der Waals surface area contributed by atoms with Gasteiger partial charge in [-0.05, 0) is 35.0 Å². The monoisotopic (exact) mass is 282 g/mol. The molecule has 0 spiro atoms. The van der Waals surface area contributed by atoms with Crippen molar-refractivity contribution in [3.8, 4) is 5.82 Å². The zero-order valence-corrected chi connectivity index (χ0v) is 9.84. The molecule has 0 aromatic carbocycles. The Morgan fingerprint density at radius 2 is 2.25 bits per heavy atom. The Balaban J connectivity index is 2.54. The quantitative estimate of drug-likeness (QED) is 0.901. The van der Waals surface area contributed by atoms with Crippen LogP contribution in [0.2, 0.25) is 0 Å². The normalized spacial score (nSPS) is 10.4. The van der Waals surface area contributed by atoms with E-state index < -0.39 is 5.97 Å². The first-order valence-corrected chi connectivity index (χ1v) is 5.17. The van der Waals surface area contributed by atoms with Gasteiger partial charge >= 0.3 is 5.97 Å². The zero-order valence-electron chi connectivity index (χ0n) is 8.25. The molecule has 6 nitrogen and oxygen atoms in total. The molecular formula is C9H7BrN4O2. The summed E-state index contributed by atoms with van der Waals surface area (Å²) in [4.78, 5) is 16.1. The average Bonchev–Trinajstić information content (AvgIpc) is 2.61. The summed E-state index contributed by atoms with van der Waals surface area (Å²) in [5.41, 5.74) is 0.280. The highest BCUT2D eigenvalue weighted by molar-refractivity contribution is 9.10. The van der Waals surface area contributed by atoms with Crippen molar-refractivity contribution in [2.24, 2.45) is 0 Å². The highest BCUT2D eigenvalue weighted by atomic mass is 79.9. The first-order chi connectivity index (χ1) is 7.59. The number of nitrogens with zero attached hydrogens (tertiary/aromatic N) is 4. The largest absolute Gasteiger partial charge is 0.476 e. The van der Waals surface area contributed by atoms with E-state index in [0.717, 1.165) is 0 Å². The summed E-state index contributed by atoms with van der Waals surface area (Å²) in [5.74, 6) is -0.645. The van der Waals surface area contributed by atoms with Crippen molar-refractivity contribution in [1.82, 2.24) is 20.0 Å². The summed E-state index contributed by atoms with van der Waals surface area (Å²) in [6, 6.07) is 3.53. The van der Waals surface area contributed by atoms with Gasteiger partial charge in [0, 0.05) is 6.20 Å². The molecule has 0 saturated heterocycles.